The maximum atomic E-state index is 14.4. The van der Waals surface area contributed by atoms with Crippen LogP contribution in [0.4, 0.5) is 18.9 Å². The van der Waals surface area contributed by atoms with Gasteiger partial charge in [-0.05, 0) is 48.6 Å². The van der Waals surface area contributed by atoms with Gasteiger partial charge < -0.3 is 15.7 Å². The topological polar surface area (TPSA) is 98.0 Å². The van der Waals surface area contributed by atoms with E-state index in [4.69, 9.17) is 5.26 Å². The summed E-state index contributed by atoms with van der Waals surface area (Å²) in [5, 5.41) is 25.0. The number of carbonyl (C=O) groups excluding carboxylic acids is 1. The number of pyridine rings is 1. The number of hydrogen-bond acceptors (Lipinski definition) is 5. The number of nitrogens with one attached hydrogen (secondary N) is 2. The van der Waals surface area contributed by atoms with Crippen molar-refractivity contribution in [3.05, 3.63) is 64.2 Å². The Balaban J connectivity index is 1.69. The highest BCUT2D eigenvalue weighted by atomic mass is 19.2. The number of aliphatic hydroxyl groups is 1. The van der Waals surface area contributed by atoms with Crippen molar-refractivity contribution >= 4 is 17.7 Å². The summed E-state index contributed by atoms with van der Waals surface area (Å²) in [6, 6.07) is 4.27. The number of amides is 1. The maximum Gasteiger partial charge on any atom is 0.231 e. The van der Waals surface area contributed by atoms with Crippen LogP contribution in [0.25, 0.3) is 6.08 Å². The molecule has 1 aliphatic heterocycles. The first-order chi connectivity index (χ1) is 15.0. The van der Waals surface area contributed by atoms with Crippen LogP contribution in [0.3, 0.4) is 0 Å². The van der Waals surface area contributed by atoms with E-state index in [9.17, 15) is 23.1 Å². The van der Waals surface area contributed by atoms with E-state index in [1.807, 2.05) is 13.8 Å². The van der Waals surface area contributed by atoms with Crippen LogP contribution in [0, 0.1) is 39.6 Å². The third-order valence-electron chi connectivity index (χ3n) is 6.39. The van der Waals surface area contributed by atoms with Gasteiger partial charge in [0.1, 0.15) is 18.1 Å². The Hall–Kier alpha value is -3.38. The number of rotatable bonds is 4. The molecule has 0 saturated heterocycles. The predicted octanol–water partition coefficient (Wildman–Crippen LogP) is 3.79. The van der Waals surface area contributed by atoms with Crippen LogP contribution >= 0.6 is 0 Å². The monoisotopic (exact) mass is 442 g/mol. The third kappa shape index (κ3) is 3.22. The number of halogens is 3. The van der Waals surface area contributed by atoms with Gasteiger partial charge in [0.2, 0.25) is 5.91 Å². The molecule has 1 saturated carbocycles. The molecule has 3 N–H and O–H groups in total. The lowest BCUT2D eigenvalue weighted by molar-refractivity contribution is -0.127. The van der Waals surface area contributed by atoms with Crippen LogP contribution in [-0.4, -0.2) is 22.2 Å². The summed E-state index contributed by atoms with van der Waals surface area (Å²) in [7, 11) is 0. The van der Waals surface area contributed by atoms with E-state index in [1.165, 1.54) is 18.3 Å². The van der Waals surface area contributed by atoms with Crippen LogP contribution in [0.1, 0.15) is 50.1 Å². The van der Waals surface area contributed by atoms with E-state index in [2.05, 4.69) is 15.6 Å². The van der Waals surface area contributed by atoms with Crippen LogP contribution in [0.2, 0.25) is 0 Å². The zero-order chi connectivity index (χ0) is 23.4. The van der Waals surface area contributed by atoms with Crippen molar-refractivity contribution in [2.45, 2.75) is 39.5 Å². The normalized spacial score (nSPS) is 23.8. The molecular formula is C23H21F3N4O2. The van der Waals surface area contributed by atoms with E-state index >= 15 is 0 Å². The Labute approximate surface area is 182 Å². The molecule has 9 heteroatoms. The summed E-state index contributed by atoms with van der Waals surface area (Å²) in [4.78, 5) is 17.3. The SMILES string of the molecule is C[C@@H](NC(=O)[C@@]1(C2=Cc3c(ccc(F)c3F)NC2O)CC1(C)C)c1ncc(C#N)cc1F. The maximum absolute atomic E-state index is 14.4. The molecule has 4 rings (SSSR count). The van der Waals surface area contributed by atoms with Crippen LogP contribution in [-0.2, 0) is 4.79 Å². The average Bonchev–Trinajstić information content (AvgIpc) is 3.33. The number of fused-ring (bicyclic) bond motifs is 1. The van der Waals surface area contributed by atoms with Crippen molar-refractivity contribution in [3.8, 4) is 6.07 Å². The Morgan fingerprint density at radius 1 is 1.34 bits per heavy atom. The Kier molecular flexibility index (Phi) is 5.01. The predicted molar refractivity (Wildman–Crippen MR) is 110 cm³/mol. The summed E-state index contributed by atoms with van der Waals surface area (Å²) < 4.78 is 42.5. The molecule has 1 aromatic heterocycles. The van der Waals surface area contributed by atoms with Crippen molar-refractivity contribution in [3.63, 3.8) is 0 Å². The lowest BCUT2D eigenvalue weighted by Gasteiger charge is -2.32. The minimum atomic E-state index is -1.29. The molecule has 1 amide bonds. The number of benzene rings is 1. The molecule has 2 aromatic rings. The van der Waals surface area contributed by atoms with Crippen molar-refractivity contribution in [1.29, 1.82) is 5.26 Å². The first-order valence-electron chi connectivity index (χ1n) is 10.0. The molecular weight excluding hydrogens is 421 g/mol. The van der Waals surface area contributed by atoms with Gasteiger partial charge in [-0.25, -0.2) is 13.2 Å². The van der Waals surface area contributed by atoms with Crippen LogP contribution in [0.15, 0.2) is 30.0 Å². The van der Waals surface area contributed by atoms with Crippen LogP contribution < -0.4 is 10.6 Å². The van der Waals surface area contributed by atoms with E-state index in [1.54, 1.807) is 13.0 Å². The van der Waals surface area contributed by atoms with Gasteiger partial charge in [-0.2, -0.15) is 5.26 Å². The number of nitrogens with zero attached hydrogens (tertiary/aromatic N) is 2. The molecule has 166 valence electrons. The number of aliphatic hydroxyl groups excluding tert-OH is 1. The fourth-order valence-electron chi connectivity index (χ4n) is 4.50. The second-order valence-electron chi connectivity index (χ2n) is 8.83. The molecule has 2 aliphatic rings. The highest BCUT2D eigenvalue weighted by Gasteiger charge is 2.69. The largest absolute Gasteiger partial charge is 0.370 e. The summed E-state index contributed by atoms with van der Waals surface area (Å²) in [5.74, 6) is -3.34. The zero-order valence-corrected chi connectivity index (χ0v) is 17.6. The summed E-state index contributed by atoms with van der Waals surface area (Å²) in [6.07, 6.45) is 1.58. The van der Waals surface area contributed by atoms with Crippen molar-refractivity contribution in [2.24, 2.45) is 10.8 Å². The number of aromatic nitrogens is 1. The van der Waals surface area contributed by atoms with Gasteiger partial charge in [0, 0.05) is 17.4 Å². The fourth-order valence-corrected chi connectivity index (χ4v) is 4.50. The smallest absolute Gasteiger partial charge is 0.231 e. The molecule has 1 aliphatic carbocycles. The van der Waals surface area contributed by atoms with E-state index < -0.39 is 46.5 Å². The number of carbonyl (C=O) groups is 1. The van der Waals surface area contributed by atoms with Gasteiger partial charge in [0.15, 0.2) is 11.6 Å². The first kappa shape index (κ1) is 21.8. The highest BCUT2D eigenvalue weighted by molar-refractivity contribution is 5.94. The Bertz CT molecular complexity index is 1200. The van der Waals surface area contributed by atoms with Gasteiger partial charge in [0.05, 0.1) is 22.7 Å². The number of nitriles is 1. The number of anilines is 1. The van der Waals surface area contributed by atoms with Gasteiger partial charge in [-0.1, -0.05) is 13.8 Å². The minimum absolute atomic E-state index is 0.0410. The van der Waals surface area contributed by atoms with Gasteiger partial charge in [-0.15, -0.1) is 0 Å². The fraction of sp³-hybridized carbons (Fsp3) is 0.348. The highest BCUT2D eigenvalue weighted by Crippen LogP contribution is 2.69. The Morgan fingerprint density at radius 3 is 2.62 bits per heavy atom. The molecule has 1 unspecified atom stereocenters. The van der Waals surface area contributed by atoms with Crippen molar-refractivity contribution in [2.75, 3.05) is 5.32 Å². The van der Waals surface area contributed by atoms with E-state index in [0.717, 1.165) is 12.1 Å². The lowest BCUT2D eigenvalue weighted by Crippen LogP contribution is -2.42. The molecule has 1 aromatic carbocycles. The summed E-state index contributed by atoms with van der Waals surface area (Å²) >= 11 is 0. The van der Waals surface area contributed by atoms with Gasteiger partial charge in [0.25, 0.3) is 0 Å². The molecule has 3 atom stereocenters. The van der Waals surface area contributed by atoms with Gasteiger partial charge >= 0.3 is 0 Å². The molecule has 0 radical (unpaired) electrons. The summed E-state index contributed by atoms with van der Waals surface area (Å²) in [5.41, 5.74) is -1.45. The van der Waals surface area contributed by atoms with Gasteiger partial charge in [-0.3, -0.25) is 9.78 Å². The first-order valence-corrected chi connectivity index (χ1v) is 10.0. The lowest BCUT2D eigenvalue weighted by atomic mass is 9.82. The minimum Gasteiger partial charge on any atom is -0.370 e. The standard InChI is InChI=1S/C23H21F3N4O2/c1-11(19-16(25)6-12(8-27)9-28-19)29-21(32)23(10-22(23,2)3)14-7-13-17(30-20(14)31)5-4-15(24)18(13)26/h4-7,9,11,20,30-31H,10H2,1-3H3,(H,29,32)/t11-,20?,23+/m1/s1. The van der Waals surface area contributed by atoms with Crippen molar-refractivity contribution in [1.82, 2.24) is 10.3 Å². The number of hydrogen-bond donors (Lipinski definition) is 3. The van der Waals surface area contributed by atoms with Crippen LogP contribution in [0.5, 0.6) is 0 Å². The third-order valence-corrected chi connectivity index (χ3v) is 6.39. The molecule has 1 fully saturated rings. The van der Waals surface area contributed by atoms with Crippen molar-refractivity contribution < 1.29 is 23.1 Å². The molecule has 0 bridgehead atoms. The van der Waals surface area contributed by atoms with E-state index in [0.29, 0.717) is 6.42 Å². The second kappa shape index (κ2) is 7.35. The summed E-state index contributed by atoms with van der Waals surface area (Å²) in [6.45, 7) is 5.19. The second-order valence-corrected chi connectivity index (χ2v) is 8.83. The molecule has 0 spiro atoms. The average molecular weight is 442 g/mol. The zero-order valence-electron chi connectivity index (χ0n) is 17.6. The Morgan fingerprint density at radius 2 is 2.03 bits per heavy atom. The molecule has 2 heterocycles. The quantitative estimate of drug-likeness (QED) is 0.669. The van der Waals surface area contributed by atoms with E-state index in [-0.39, 0.29) is 28.1 Å². The molecule has 6 nitrogen and oxygen atoms in total. The molecule has 32 heavy (non-hydrogen) atoms.